The zero-order valence-electron chi connectivity index (χ0n) is 14.6. The molecular weight excluding hydrogens is 435 g/mol. The fraction of sp³-hybridized carbons (Fsp3) is 0.316. The summed E-state index contributed by atoms with van der Waals surface area (Å²) in [6.45, 7) is 1.18. The van der Waals surface area contributed by atoms with E-state index in [9.17, 15) is 17.6 Å². The quantitative estimate of drug-likeness (QED) is 0.748. The average molecular weight is 455 g/mol. The van der Waals surface area contributed by atoms with Crippen molar-refractivity contribution >= 4 is 31.9 Å². The molecule has 0 atom stereocenters. The molecule has 0 aliphatic carbocycles. The zero-order valence-corrected chi connectivity index (χ0v) is 17.0. The summed E-state index contributed by atoms with van der Waals surface area (Å²) in [4.78, 5) is 12.4. The van der Waals surface area contributed by atoms with E-state index in [1.54, 1.807) is 30.3 Å². The van der Waals surface area contributed by atoms with Crippen LogP contribution < -0.4 is 5.32 Å². The van der Waals surface area contributed by atoms with Crippen LogP contribution in [0.1, 0.15) is 35.2 Å². The number of carbonyl (C=O) groups is 1. The molecular formula is C19H20BrFN2O3S. The van der Waals surface area contributed by atoms with Crippen LogP contribution >= 0.6 is 15.9 Å². The fourth-order valence-corrected chi connectivity index (χ4v) is 4.94. The normalized spacial score (nSPS) is 15.5. The Hall–Kier alpha value is -1.77. The summed E-state index contributed by atoms with van der Waals surface area (Å²) in [6, 6.07) is 10.7. The minimum atomic E-state index is -3.53. The van der Waals surface area contributed by atoms with Gasteiger partial charge in [0.15, 0.2) is 0 Å². The molecule has 5 nitrogen and oxygen atoms in total. The van der Waals surface area contributed by atoms with Gasteiger partial charge in [0.1, 0.15) is 5.82 Å². The molecule has 2 aromatic rings. The first kappa shape index (κ1) is 20.0. The van der Waals surface area contributed by atoms with Gasteiger partial charge in [-0.3, -0.25) is 4.79 Å². The Balaban J connectivity index is 1.71. The molecule has 0 spiro atoms. The van der Waals surface area contributed by atoms with Gasteiger partial charge >= 0.3 is 0 Å². The topological polar surface area (TPSA) is 66.5 Å². The number of hydrogen-bond acceptors (Lipinski definition) is 3. The van der Waals surface area contributed by atoms with Gasteiger partial charge in [-0.15, -0.1) is 0 Å². The summed E-state index contributed by atoms with van der Waals surface area (Å²) < 4.78 is 41.5. The first-order valence-corrected chi connectivity index (χ1v) is 10.9. The van der Waals surface area contributed by atoms with Crippen LogP contribution in [0.5, 0.6) is 0 Å². The summed E-state index contributed by atoms with van der Waals surface area (Å²) in [5.74, 6) is -1.17. The number of benzene rings is 2. The van der Waals surface area contributed by atoms with Gasteiger partial charge in [0, 0.05) is 24.1 Å². The molecule has 27 heavy (non-hydrogen) atoms. The van der Waals surface area contributed by atoms with Gasteiger partial charge in [-0.25, -0.2) is 12.8 Å². The number of carbonyl (C=O) groups excluding carboxylic acids is 1. The van der Waals surface area contributed by atoms with Crippen LogP contribution in [0.25, 0.3) is 0 Å². The smallest absolute Gasteiger partial charge is 0.254 e. The van der Waals surface area contributed by atoms with Crippen LogP contribution in [-0.4, -0.2) is 31.7 Å². The summed E-state index contributed by atoms with van der Waals surface area (Å²) in [5.41, 5.74) is 0.578. The predicted octanol–water partition coefficient (Wildman–Crippen LogP) is 3.69. The van der Waals surface area contributed by atoms with Crippen LogP contribution in [0.15, 0.2) is 51.8 Å². The van der Waals surface area contributed by atoms with Crippen molar-refractivity contribution < 1.29 is 17.6 Å². The first-order chi connectivity index (χ1) is 12.9. The molecule has 0 aromatic heterocycles. The van der Waals surface area contributed by atoms with E-state index >= 15 is 0 Å². The van der Waals surface area contributed by atoms with Crippen molar-refractivity contribution in [2.24, 2.45) is 0 Å². The van der Waals surface area contributed by atoms with Crippen molar-refractivity contribution in [2.75, 3.05) is 13.1 Å². The molecule has 8 heteroatoms. The lowest BCUT2D eigenvalue weighted by atomic mass is 10.2. The van der Waals surface area contributed by atoms with Gasteiger partial charge in [-0.2, -0.15) is 4.31 Å². The minimum Gasteiger partial charge on any atom is -0.348 e. The Kier molecular flexibility index (Phi) is 6.29. The molecule has 0 radical (unpaired) electrons. The fourth-order valence-electron chi connectivity index (χ4n) is 3.02. The molecule has 3 rings (SSSR count). The van der Waals surface area contributed by atoms with Crippen LogP contribution in [0, 0.1) is 5.82 Å². The second-order valence-corrected chi connectivity index (χ2v) is 9.27. The third-order valence-corrected chi connectivity index (χ3v) is 6.87. The van der Waals surface area contributed by atoms with E-state index in [1.165, 1.54) is 16.4 Å². The maximum absolute atomic E-state index is 13.9. The Morgan fingerprint density at radius 1 is 1.11 bits per heavy atom. The monoisotopic (exact) mass is 454 g/mol. The van der Waals surface area contributed by atoms with E-state index in [1.807, 2.05) is 0 Å². The highest BCUT2D eigenvalue weighted by molar-refractivity contribution is 9.10. The Bertz CT molecular complexity index is 944. The number of nitrogens with one attached hydrogen (secondary N) is 1. The highest BCUT2D eigenvalue weighted by Crippen LogP contribution is 2.21. The number of nitrogens with zero attached hydrogens (tertiary/aromatic N) is 1. The van der Waals surface area contributed by atoms with Gasteiger partial charge in [0.25, 0.3) is 5.91 Å². The number of rotatable bonds is 5. The van der Waals surface area contributed by atoms with E-state index in [4.69, 9.17) is 0 Å². The number of hydrogen-bond donors (Lipinski definition) is 1. The van der Waals surface area contributed by atoms with E-state index in [0.717, 1.165) is 19.3 Å². The van der Waals surface area contributed by atoms with Crippen molar-refractivity contribution in [2.45, 2.75) is 30.7 Å². The van der Waals surface area contributed by atoms with E-state index in [-0.39, 0.29) is 17.0 Å². The second kappa shape index (κ2) is 8.50. The summed E-state index contributed by atoms with van der Waals surface area (Å²) in [6.07, 6.45) is 2.78. The van der Waals surface area contributed by atoms with E-state index in [2.05, 4.69) is 21.2 Å². The minimum absolute atomic E-state index is 0.0599. The number of sulfonamides is 1. The molecule has 1 aliphatic rings. The summed E-state index contributed by atoms with van der Waals surface area (Å²) >= 11 is 3.15. The molecule has 0 unspecified atom stereocenters. The molecule has 1 saturated heterocycles. The Morgan fingerprint density at radius 2 is 1.85 bits per heavy atom. The van der Waals surface area contributed by atoms with Crippen molar-refractivity contribution in [3.8, 4) is 0 Å². The van der Waals surface area contributed by atoms with Crippen LogP contribution in [-0.2, 0) is 16.6 Å². The maximum Gasteiger partial charge on any atom is 0.254 e. The highest BCUT2D eigenvalue weighted by atomic mass is 79.9. The lowest BCUT2D eigenvalue weighted by Gasteiger charge is -2.26. The Labute approximate surface area is 166 Å². The van der Waals surface area contributed by atoms with Crippen molar-refractivity contribution in [1.82, 2.24) is 9.62 Å². The van der Waals surface area contributed by atoms with Gasteiger partial charge in [-0.1, -0.05) is 34.5 Å². The van der Waals surface area contributed by atoms with Crippen LogP contribution in [0.3, 0.4) is 0 Å². The molecule has 0 saturated carbocycles. The second-order valence-electron chi connectivity index (χ2n) is 6.42. The summed E-state index contributed by atoms with van der Waals surface area (Å²) in [7, 11) is -3.53. The third kappa shape index (κ3) is 4.75. The molecule has 144 valence electrons. The zero-order chi connectivity index (χ0) is 19.4. The van der Waals surface area contributed by atoms with Gasteiger partial charge < -0.3 is 5.32 Å². The molecule has 1 aliphatic heterocycles. The maximum atomic E-state index is 13.9. The van der Waals surface area contributed by atoms with Gasteiger partial charge in [-0.05, 0) is 48.7 Å². The van der Waals surface area contributed by atoms with Crippen molar-refractivity contribution in [3.63, 3.8) is 0 Å². The number of halogens is 2. The predicted molar refractivity (Wildman–Crippen MR) is 104 cm³/mol. The molecule has 0 bridgehead atoms. The molecule has 1 fully saturated rings. The van der Waals surface area contributed by atoms with Crippen molar-refractivity contribution in [1.29, 1.82) is 0 Å². The lowest BCUT2D eigenvalue weighted by molar-refractivity contribution is 0.0947. The third-order valence-electron chi connectivity index (χ3n) is 4.48. The van der Waals surface area contributed by atoms with Crippen LogP contribution in [0.2, 0.25) is 0 Å². The standard InChI is InChI=1S/C19H20BrFN2O3S/c20-15-7-8-17(18(21)12-15)19(24)22-13-14-5-4-6-16(11-14)27(25,26)23-9-2-1-3-10-23/h4-8,11-12H,1-3,9-10,13H2,(H,22,24). The largest absolute Gasteiger partial charge is 0.348 e. The highest BCUT2D eigenvalue weighted by Gasteiger charge is 2.26. The summed E-state index contributed by atoms with van der Waals surface area (Å²) in [5, 5.41) is 2.63. The van der Waals surface area contributed by atoms with E-state index in [0.29, 0.717) is 23.1 Å². The number of amides is 1. The lowest BCUT2D eigenvalue weighted by Crippen LogP contribution is -2.35. The first-order valence-electron chi connectivity index (χ1n) is 8.70. The SMILES string of the molecule is O=C(NCc1cccc(S(=O)(=O)N2CCCCC2)c1)c1ccc(Br)cc1F. The van der Waals surface area contributed by atoms with Crippen LogP contribution in [0.4, 0.5) is 4.39 Å². The average Bonchev–Trinajstić information content (AvgIpc) is 2.67. The van der Waals surface area contributed by atoms with E-state index < -0.39 is 21.7 Å². The Morgan fingerprint density at radius 3 is 2.56 bits per heavy atom. The molecule has 1 amide bonds. The molecule has 2 aromatic carbocycles. The number of piperidine rings is 1. The molecule has 1 N–H and O–H groups in total. The van der Waals surface area contributed by atoms with Gasteiger partial charge in [0.05, 0.1) is 10.5 Å². The van der Waals surface area contributed by atoms with Gasteiger partial charge in [0.2, 0.25) is 10.0 Å². The molecule has 1 heterocycles. The van der Waals surface area contributed by atoms with Crippen molar-refractivity contribution in [3.05, 3.63) is 63.9 Å².